The van der Waals surface area contributed by atoms with Gasteiger partial charge < -0.3 is 0 Å². The van der Waals surface area contributed by atoms with Gasteiger partial charge in [-0.3, -0.25) is 0 Å². The highest BCUT2D eigenvalue weighted by molar-refractivity contribution is 7.15. The molecule has 0 radical (unpaired) electrons. The lowest BCUT2D eigenvalue weighted by molar-refractivity contribution is 0.585. The summed E-state index contributed by atoms with van der Waals surface area (Å²) in [7, 11) is 0. The standard InChI is InChI=1S/C10H6ClF2NS/c11-4-7-5-14-10(15-7)8-2-1-6(12)3-9(8)13/h1-3,5H,4H2. The first kappa shape index (κ1) is 10.5. The first-order valence-corrected chi connectivity index (χ1v) is 5.52. The van der Waals surface area contributed by atoms with Gasteiger partial charge in [-0.1, -0.05) is 0 Å². The SMILES string of the molecule is Fc1ccc(-c2ncc(CCl)s2)c(F)c1. The van der Waals surface area contributed by atoms with Gasteiger partial charge in [0.15, 0.2) is 0 Å². The van der Waals surface area contributed by atoms with Gasteiger partial charge in [-0.15, -0.1) is 22.9 Å². The molecule has 0 aliphatic heterocycles. The molecule has 0 saturated carbocycles. The van der Waals surface area contributed by atoms with Crippen molar-refractivity contribution in [2.45, 2.75) is 5.88 Å². The largest absolute Gasteiger partial charge is 0.244 e. The summed E-state index contributed by atoms with van der Waals surface area (Å²) in [5.74, 6) is -0.851. The van der Waals surface area contributed by atoms with Gasteiger partial charge >= 0.3 is 0 Å². The third-order valence-electron chi connectivity index (χ3n) is 1.85. The Morgan fingerprint density at radius 3 is 2.73 bits per heavy atom. The molecule has 0 fully saturated rings. The van der Waals surface area contributed by atoms with E-state index in [0.29, 0.717) is 16.5 Å². The third kappa shape index (κ3) is 2.16. The van der Waals surface area contributed by atoms with Gasteiger partial charge in [-0.05, 0) is 12.1 Å². The summed E-state index contributed by atoms with van der Waals surface area (Å²) in [6, 6.07) is 3.43. The van der Waals surface area contributed by atoms with Gasteiger partial charge in [0, 0.05) is 22.7 Å². The number of nitrogens with zero attached hydrogens (tertiary/aromatic N) is 1. The Kier molecular flexibility index (Phi) is 2.98. The van der Waals surface area contributed by atoms with Crippen LogP contribution in [0.2, 0.25) is 0 Å². The summed E-state index contributed by atoms with van der Waals surface area (Å²) in [5, 5.41) is 0.517. The predicted molar refractivity (Wildman–Crippen MR) is 57.0 cm³/mol. The molecule has 1 heterocycles. The van der Waals surface area contributed by atoms with Crippen LogP contribution in [0, 0.1) is 11.6 Å². The zero-order valence-corrected chi connectivity index (χ0v) is 9.08. The molecule has 0 bridgehead atoms. The van der Waals surface area contributed by atoms with Gasteiger partial charge in [0.25, 0.3) is 0 Å². The second kappa shape index (κ2) is 4.24. The highest BCUT2D eigenvalue weighted by Crippen LogP contribution is 2.28. The predicted octanol–water partition coefficient (Wildman–Crippen LogP) is 3.83. The van der Waals surface area contributed by atoms with Crippen molar-refractivity contribution < 1.29 is 8.78 Å². The highest BCUT2D eigenvalue weighted by Gasteiger charge is 2.10. The average molecular weight is 246 g/mol. The van der Waals surface area contributed by atoms with Crippen LogP contribution in [0.5, 0.6) is 0 Å². The highest BCUT2D eigenvalue weighted by atomic mass is 35.5. The molecule has 2 rings (SSSR count). The summed E-state index contributed by atoms with van der Waals surface area (Å²) in [4.78, 5) is 4.88. The fraction of sp³-hybridized carbons (Fsp3) is 0.100. The minimum Gasteiger partial charge on any atom is -0.244 e. The zero-order chi connectivity index (χ0) is 10.8. The molecule has 0 N–H and O–H groups in total. The normalized spacial score (nSPS) is 10.6. The van der Waals surface area contributed by atoms with Gasteiger partial charge in [0.1, 0.15) is 16.6 Å². The van der Waals surface area contributed by atoms with Crippen molar-refractivity contribution >= 4 is 22.9 Å². The number of alkyl halides is 1. The number of hydrogen-bond acceptors (Lipinski definition) is 2. The van der Waals surface area contributed by atoms with E-state index in [2.05, 4.69) is 4.98 Å². The quantitative estimate of drug-likeness (QED) is 0.733. The number of benzene rings is 1. The van der Waals surface area contributed by atoms with Crippen LogP contribution in [0.25, 0.3) is 10.6 Å². The second-order valence-electron chi connectivity index (χ2n) is 2.89. The van der Waals surface area contributed by atoms with E-state index >= 15 is 0 Å². The van der Waals surface area contributed by atoms with Crippen LogP contribution in [0.3, 0.4) is 0 Å². The van der Waals surface area contributed by atoms with Crippen LogP contribution in [0.1, 0.15) is 4.88 Å². The fourth-order valence-corrected chi connectivity index (χ4v) is 2.18. The Bertz CT molecular complexity index is 484. The molecule has 0 spiro atoms. The maximum Gasteiger partial charge on any atom is 0.136 e. The topological polar surface area (TPSA) is 12.9 Å². The smallest absolute Gasteiger partial charge is 0.136 e. The summed E-state index contributed by atoms with van der Waals surface area (Å²) in [6.45, 7) is 0. The van der Waals surface area contributed by atoms with Gasteiger partial charge in [0.2, 0.25) is 0 Å². The lowest BCUT2D eigenvalue weighted by Crippen LogP contribution is -1.84. The summed E-state index contributed by atoms with van der Waals surface area (Å²) in [5.41, 5.74) is 0.303. The molecule has 0 unspecified atom stereocenters. The molecule has 0 atom stereocenters. The van der Waals surface area contributed by atoms with E-state index in [1.54, 1.807) is 6.20 Å². The summed E-state index contributed by atoms with van der Waals surface area (Å²) < 4.78 is 26.0. The molecular formula is C10H6ClF2NS. The number of thiazole rings is 1. The Labute approximate surface area is 94.3 Å². The van der Waals surface area contributed by atoms with Crippen molar-refractivity contribution in [3.05, 3.63) is 40.9 Å². The number of hydrogen-bond donors (Lipinski definition) is 0. The van der Waals surface area contributed by atoms with Crippen molar-refractivity contribution in [1.29, 1.82) is 0 Å². The van der Waals surface area contributed by atoms with Crippen molar-refractivity contribution in [3.8, 4) is 10.6 Å². The lowest BCUT2D eigenvalue weighted by atomic mass is 10.2. The van der Waals surface area contributed by atoms with Crippen molar-refractivity contribution in [2.75, 3.05) is 0 Å². The minimum atomic E-state index is -0.606. The number of rotatable bonds is 2. The van der Waals surface area contributed by atoms with E-state index in [9.17, 15) is 8.78 Å². The Morgan fingerprint density at radius 2 is 2.13 bits per heavy atom. The molecule has 0 aliphatic rings. The number of halogens is 3. The van der Waals surface area contributed by atoms with Crippen molar-refractivity contribution in [3.63, 3.8) is 0 Å². The first-order chi connectivity index (χ1) is 7.20. The van der Waals surface area contributed by atoms with Crippen LogP contribution in [0.4, 0.5) is 8.78 Å². The van der Waals surface area contributed by atoms with Crippen LogP contribution in [0.15, 0.2) is 24.4 Å². The van der Waals surface area contributed by atoms with Gasteiger partial charge in [-0.2, -0.15) is 0 Å². The molecule has 1 nitrogen and oxygen atoms in total. The minimum absolute atomic E-state index is 0.303. The maximum absolute atomic E-state index is 13.3. The van der Waals surface area contributed by atoms with E-state index in [4.69, 9.17) is 11.6 Å². The molecule has 78 valence electrons. The molecule has 2 aromatic rings. The molecule has 0 amide bonds. The van der Waals surface area contributed by atoms with Gasteiger partial charge in [-0.25, -0.2) is 13.8 Å². The Morgan fingerprint density at radius 1 is 1.33 bits per heavy atom. The lowest BCUT2D eigenvalue weighted by Gasteiger charge is -1.97. The molecule has 15 heavy (non-hydrogen) atoms. The van der Waals surface area contributed by atoms with Crippen LogP contribution >= 0.6 is 22.9 Å². The van der Waals surface area contributed by atoms with E-state index in [1.807, 2.05) is 0 Å². The fourth-order valence-electron chi connectivity index (χ4n) is 1.16. The Hall–Kier alpha value is -1.00. The summed E-state index contributed by atoms with van der Waals surface area (Å²) in [6.07, 6.45) is 1.59. The molecular weight excluding hydrogens is 240 g/mol. The zero-order valence-electron chi connectivity index (χ0n) is 7.51. The second-order valence-corrected chi connectivity index (χ2v) is 4.27. The van der Waals surface area contributed by atoms with Crippen molar-refractivity contribution in [1.82, 2.24) is 4.98 Å². The molecule has 5 heteroatoms. The first-order valence-electron chi connectivity index (χ1n) is 4.17. The molecule has 1 aromatic heterocycles. The van der Waals surface area contributed by atoms with Crippen LogP contribution in [-0.2, 0) is 5.88 Å². The number of aromatic nitrogens is 1. The molecule has 0 saturated heterocycles. The monoisotopic (exact) mass is 245 g/mol. The molecule has 1 aromatic carbocycles. The average Bonchev–Trinajstić information content (AvgIpc) is 2.66. The van der Waals surface area contributed by atoms with Crippen LogP contribution < -0.4 is 0 Å². The summed E-state index contributed by atoms with van der Waals surface area (Å²) >= 11 is 6.91. The van der Waals surface area contributed by atoms with E-state index in [0.717, 1.165) is 10.9 Å². The Balaban J connectivity index is 2.44. The van der Waals surface area contributed by atoms with E-state index in [1.165, 1.54) is 23.5 Å². The van der Waals surface area contributed by atoms with E-state index < -0.39 is 11.6 Å². The van der Waals surface area contributed by atoms with Crippen molar-refractivity contribution in [2.24, 2.45) is 0 Å². The van der Waals surface area contributed by atoms with Gasteiger partial charge in [0.05, 0.1) is 5.88 Å². The van der Waals surface area contributed by atoms with E-state index in [-0.39, 0.29) is 0 Å². The maximum atomic E-state index is 13.3. The van der Waals surface area contributed by atoms with Crippen LogP contribution in [-0.4, -0.2) is 4.98 Å². The third-order valence-corrected chi connectivity index (χ3v) is 3.32. The molecule has 0 aliphatic carbocycles.